The van der Waals surface area contributed by atoms with Gasteiger partial charge in [-0.3, -0.25) is 4.79 Å². The first-order valence-electron chi connectivity index (χ1n) is 8.75. The molecule has 2 aliphatic heterocycles. The summed E-state index contributed by atoms with van der Waals surface area (Å²) in [5, 5.41) is 6.92. The molecule has 138 valence electrons. The topological polar surface area (TPSA) is 62.8 Å². The van der Waals surface area contributed by atoms with Crippen LogP contribution >= 0.6 is 11.8 Å². The van der Waals surface area contributed by atoms with Gasteiger partial charge in [0, 0.05) is 43.7 Å². The van der Waals surface area contributed by atoms with Gasteiger partial charge in [-0.1, -0.05) is 6.07 Å². The minimum Gasteiger partial charge on any atom is -0.493 e. The molecule has 0 aliphatic carbocycles. The number of carbonyl (C=O) groups is 1. The molecule has 3 rings (SSSR count). The van der Waals surface area contributed by atoms with Crippen LogP contribution in [0, 0.1) is 0 Å². The van der Waals surface area contributed by atoms with Gasteiger partial charge in [0.1, 0.15) is 0 Å². The second-order valence-corrected chi connectivity index (χ2v) is 7.63. The summed E-state index contributed by atoms with van der Waals surface area (Å²) in [5.74, 6) is 3.84. The zero-order valence-electron chi connectivity index (χ0n) is 14.9. The number of carbonyl (C=O) groups excluding carboxylic acids is 1. The van der Waals surface area contributed by atoms with Crippen LogP contribution in [-0.4, -0.2) is 68.3 Å². The fraction of sp³-hybridized carbons (Fsp3) is 0.611. The molecule has 7 heteroatoms. The van der Waals surface area contributed by atoms with Crippen molar-refractivity contribution in [3.8, 4) is 11.5 Å². The standard InChI is InChI=1S/C18H27N3O3S/c1-23-16-4-3-13(9-17(16)24-2)11-19-14-10-15(20-12-14)18(22)21-5-7-25-8-6-21/h3-4,9,14-15,19-20H,5-8,10-12H2,1-2H3/t14-,15-/m0/s1. The number of amides is 1. The second-order valence-electron chi connectivity index (χ2n) is 6.40. The van der Waals surface area contributed by atoms with Crippen LogP contribution in [0.5, 0.6) is 11.5 Å². The van der Waals surface area contributed by atoms with Crippen LogP contribution in [0.25, 0.3) is 0 Å². The van der Waals surface area contributed by atoms with Crippen molar-refractivity contribution in [3.05, 3.63) is 23.8 Å². The first-order valence-corrected chi connectivity index (χ1v) is 9.91. The third kappa shape index (κ3) is 4.59. The molecule has 0 spiro atoms. The van der Waals surface area contributed by atoms with Crippen LogP contribution in [0.1, 0.15) is 12.0 Å². The van der Waals surface area contributed by atoms with E-state index >= 15 is 0 Å². The Hall–Kier alpha value is -1.44. The van der Waals surface area contributed by atoms with E-state index in [4.69, 9.17) is 9.47 Å². The lowest BCUT2D eigenvalue weighted by molar-refractivity contribution is -0.132. The number of thioether (sulfide) groups is 1. The van der Waals surface area contributed by atoms with Crippen molar-refractivity contribution in [1.29, 1.82) is 0 Å². The van der Waals surface area contributed by atoms with E-state index < -0.39 is 0 Å². The van der Waals surface area contributed by atoms with Gasteiger partial charge in [-0.15, -0.1) is 0 Å². The van der Waals surface area contributed by atoms with Gasteiger partial charge in [-0.2, -0.15) is 11.8 Å². The van der Waals surface area contributed by atoms with Crippen LogP contribution in [0.15, 0.2) is 18.2 Å². The highest BCUT2D eigenvalue weighted by atomic mass is 32.2. The summed E-state index contributed by atoms with van der Waals surface area (Å²) in [6.45, 7) is 3.33. The molecule has 2 saturated heterocycles. The van der Waals surface area contributed by atoms with Crippen molar-refractivity contribution in [2.45, 2.75) is 25.0 Å². The molecule has 0 bridgehead atoms. The molecule has 2 atom stereocenters. The highest BCUT2D eigenvalue weighted by Gasteiger charge is 2.32. The quantitative estimate of drug-likeness (QED) is 0.787. The molecular formula is C18H27N3O3S. The van der Waals surface area contributed by atoms with Crippen molar-refractivity contribution in [2.24, 2.45) is 0 Å². The van der Waals surface area contributed by atoms with Gasteiger partial charge < -0.3 is 25.0 Å². The predicted octanol–water partition coefficient (Wildman–Crippen LogP) is 1.10. The molecular weight excluding hydrogens is 338 g/mol. The number of nitrogens with one attached hydrogen (secondary N) is 2. The highest BCUT2D eigenvalue weighted by Crippen LogP contribution is 2.27. The van der Waals surface area contributed by atoms with E-state index in [-0.39, 0.29) is 11.9 Å². The minimum atomic E-state index is -0.0500. The van der Waals surface area contributed by atoms with Gasteiger partial charge in [0.2, 0.25) is 5.91 Å². The molecule has 2 N–H and O–H groups in total. The highest BCUT2D eigenvalue weighted by molar-refractivity contribution is 7.99. The van der Waals surface area contributed by atoms with Crippen LogP contribution in [0.4, 0.5) is 0 Å². The van der Waals surface area contributed by atoms with Crippen molar-refractivity contribution >= 4 is 17.7 Å². The van der Waals surface area contributed by atoms with E-state index in [0.29, 0.717) is 6.04 Å². The first kappa shape index (κ1) is 18.4. The molecule has 2 aliphatic rings. The summed E-state index contributed by atoms with van der Waals surface area (Å²) in [5.41, 5.74) is 1.14. The molecule has 1 aromatic carbocycles. The summed E-state index contributed by atoms with van der Waals surface area (Å²) in [4.78, 5) is 14.6. The Kier molecular flexibility index (Phi) is 6.45. The van der Waals surface area contributed by atoms with Crippen LogP contribution in [-0.2, 0) is 11.3 Å². The maximum absolute atomic E-state index is 12.6. The lowest BCUT2D eigenvalue weighted by atomic mass is 10.1. The largest absolute Gasteiger partial charge is 0.493 e. The third-order valence-corrected chi connectivity index (χ3v) is 5.74. The Morgan fingerprint density at radius 1 is 1.28 bits per heavy atom. The Bertz CT molecular complexity index is 593. The molecule has 1 amide bonds. The van der Waals surface area contributed by atoms with Crippen LogP contribution in [0.3, 0.4) is 0 Å². The minimum absolute atomic E-state index is 0.0500. The third-order valence-electron chi connectivity index (χ3n) is 4.79. The fourth-order valence-corrected chi connectivity index (χ4v) is 4.24. The SMILES string of the molecule is COc1ccc(CN[C@@H]2CN[C@H](C(=O)N3CCSCC3)C2)cc1OC. The Morgan fingerprint density at radius 3 is 2.76 bits per heavy atom. The van der Waals surface area contributed by atoms with Crippen molar-refractivity contribution in [3.63, 3.8) is 0 Å². The van der Waals surface area contributed by atoms with Gasteiger partial charge in [0.15, 0.2) is 11.5 Å². The first-order chi connectivity index (χ1) is 12.2. The second kappa shape index (κ2) is 8.78. The smallest absolute Gasteiger partial charge is 0.239 e. The van der Waals surface area contributed by atoms with Crippen molar-refractivity contribution in [2.75, 3.05) is 45.4 Å². The van der Waals surface area contributed by atoms with Gasteiger partial charge in [0.05, 0.1) is 20.3 Å². The fourth-order valence-electron chi connectivity index (χ4n) is 3.34. The van der Waals surface area contributed by atoms with E-state index in [1.54, 1.807) is 14.2 Å². The average Bonchev–Trinajstić information content (AvgIpc) is 3.15. The van der Waals surface area contributed by atoms with Crippen LogP contribution < -0.4 is 20.1 Å². The number of benzene rings is 1. The Labute approximate surface area is 153 Å². The van der Waals surface area contributed by atoms with Crippen LogP contribution in [0.2, 0.25) is 0 Å². The molecule has 1 aromatic rings. The maximum atomic E-state index is 12.6. The van der Waals surface area contributed by atoms with Crippen molar-refractivity contribution in [1.82, 2.24) is 15.5 Å². The summed E-state index contributed by atoms with van der Waals surface area (Å²) in [7, 11) is 3.28. The molecule has 2 heterocycles. The maximum Gasteiger partial charge on any atom is 0.239 e. The monoisotopic (exact) mass is 365 g/mol. The molecule has 0 unspecified atom stereocenters. The lowest BCUT2D eigenvalue weighted by Crippen LogP contribution is -2.46. The number of hydrogen-bond acceptors (Lipinski definition) is 6. The molecule has 25 heavy (non-hydrogen) atoms. The molecule has 0 radical (unpaired) electrons. The molecule has 0 saturated carbocycles. The molecule has 2 fully saturated rings. The van der Waals surface area contributed by atoms with Gasteiger partial charge >= 0.3 is 0 Å². The average molecular weight is 365 g/mol. The normalized spacial score (nSPS) is 23.5. The summed E-state index contributed by atoms with van der Waals surface area (Å²) in [6.07, 6.45) is 0.843. The van der Waals surface area contributed by atoms with Gasteiger partial charge in [0.25, 0.3) is 0 Å². The van der Waals surface area contributed by atoms with E-state index in [9.17, 15) is 4.79 Å². The predicted molar refractivity (Wildman–Crippen MR) is 100 cm³/mol. The van der Waals surface area contributed by atoms with E-state index in [0.717, 1.165) is 61.2 Å². The Balaban J connectivity index is 1.49. The lowest BCUT2D eigenvalue weighted by Gasteiger charge is -2.28. The number of ether oxygens (including phenoxy) is 2. The van der Waals surface area contributed by atoms with E-state index in [2.05, 4.69) is 10.6 Å². The number of hydrogen-bond donors (Lipinski definition) is 2. The van der Waals surface area contributed by atoms with E-state index in [1.807, 2.05) is 34.9 Å². The number of rotatable bonds is 6. The summed E-state index contributed by atoms with van der Waals surface area (Å²) < 4.78 is 10.6. The molecule has 0 aromatic heterocycles. The summed E-state index contributed by atoms with van der Waals surface area (Å²) in [6, 6.07) is 6.20. The Morgan fingerprint density at radius 2 is 2.04 bits per heavy atom. The zero-order chi connectivity index (χ0) is 17.6. The van der Waals surface area contributed by atoms with E-state index in [1.165, 1.54) is 0 Å². The van der Waals surface area contributed by atoms with Crippen molar-refractivity contribution < 1.29 is 14.3 Å². The summed E-state index contributed by atoms with van der Waals surface area (Å²) >= 11 is 1.92. The van der Waals surface area contributed by atoms with Gasteiger partial charge in [-0.05, 0) is 24.1 Å². The molecule has 6 nitrogen and oxygen atoms in total. The number of methoxy groups -OCH3 is 2. The zero-order valence-corrected chi connectivity index (χ0v) is 15.7. The van der Waals surface area contributed by atoms with Gasteiger partial charge in [-0.25, -0.2) is 0 Å². The number of nitrogens with zero attached hydrogens (tertiary/aromatic N) is 1.